The summed E-state index contributed by atoms with van der Waals surface area (Å²) in [6, 6.07) is 7.96. The molecule has 0 spiro atoms. The van der Waals surface area contributed by atoms with Crippen LogP contribution in [0.5, 0.6) is 0 Å². The van der Waals surface area contributed by atoms with Crippen LogP contribution in [-0.2, 0) is 14.6 Å². The van der Waals surface area contributed by atoms with Crippen molar-refractivity contribution in [1.29, 1.82) is 0 Å². The molecular formula is C17H22N2O3S2. The van der Waals surface area contributed by atoms with E-state index in [0.717, 1.165) is 5.69 Å². The fourth-order valence-corrected chi connectivity index (χ4v) is 7.00. The monoisotopic (exact) mass is 366 g/mol. The Balaban J connectivity index is 1.98. The maximum absolute atomic E-state index is 12.0. The number of nitrogens with zero attached hydrogens (tertiary/aromatic N) is 2. The predicted molar refractivity (Wildman–Crippen MR) is 99.6 cm³/mol. The third-order valence-electron chi connectivity index (χ3n) is 4.43. The van der Waals surface area contributed by atoms with Gasteiger partial charge in [0.25, 0.3) is 0 Å². The molecule has 2 fully saturated rings. The van der Waals surface area contributed by atoms with Gasteiger partial charge >= 0.3 is 0 Å². The second kappa shape index (κ2) is 6.52. The highest BCUT2D eigenvalue weighted by Crippen LogP contribution is 2.41. The lowest BCUT2D eigenvalue weighted by Gasteiger charge is -2.25. The molecule has 0 N–H and O–H groups in total. The first-order chi connectivity index (χ1) is 11.3. The molecule has 0 unspecified atom stereocenters. The second-order valence-corrected chi connectivity index (χ2v) is 9.92. The van der Waals surface area contributed by atoms with Crippen LogP contribution in [0.4, 0.5) is 5.69 Å². The summed E-state index contributed by atoms with van der Waals surface area (Å²) in [6.45, 7) is 6.04. The summed E-state index contributed by atoms with van der Waals surface area (Å²) in [5.41, 5.74) is 2.13. The third kappa shape index (κ3) is 3.37. The van der Waals surface area contributed by atoms with E-state index in [9.17, 15) is 13.2 Å². The van der Waals surface area contributed by atoms with Crippen molar-refractivity contribution < 1.29 is 13.2 Å². The van der Waals surface area contributed by atoms with Gasteiger partial charge in [-0.3, -0.25) is 4.79 Å². The molecule has 2 saturated heterocycles. The maximum Gasteiger partial charge on any atom is 0.247 e. The number of benzene rings is 1. The largest absolute Gasteiger partial charge is 0.316 e. The fourth-order valence-electron chi connectivity index (χ4n) is 3.07. The fraction of sp³-hybridized carbons (Fsp3) is 0.529. The van der Waals surface area contributed by atoms with Crippen LogP contribution in [0.15, 0.2) is 29.3 Å². The molecule has 2 aliphatic heterocycles. The molecule has 1 amide bonds. The van der Waals surface area contributed by atoms with Crippen molar-refractivity contribution in [3.05, 3.63) is 29.8 Å². The van der Waals surface area contributed by atoms with Crippen molar-refractivity contribution in [2.75, 3.05) is 16.4 Å². The van der Waals surface area contributed by atoms with E-state index in [1.54, 1.807) is 6.92 Å². The number of hydrogen-bond donors (Lipinski definition) is 0. The average Bonchev–Trinajstić information content (AvgIpc) is 2.98. The number of rotatable bonds is 3. The van der Waals surface area contributed by atoms with Gasteiger partial charge in [0.05, 0.1) is 17.5 Å². The standard InChI is InChI=1S/C17H22N2O3S2/c1-4-16(20)18-17-19(13-7-5-12(6-8-13)11(2)3)14-9-24(21,22)10-15(14)23-17/h5-8,11,14-15H,4,9-10H2,1-3H3/t14-,15-/m0/s1. The van der Waals surface area contributed by atoms with Gasteiger partial charge in [0.2, 0.25) is 5.91 Å². The smallest absolute Gasteiger partial charge is 0.247 e. The molecule has 0 aliphatic carbocycles. The van der Waals surface area contributed by atoms with E-state index in [1.807, 2.05) is 17.0 Å². The van der Waals surface area contributed by atoms with Crippen LogP contribution >= 0.6 is 11.8 Å². The normalized spacial score (nSPS) is 27.0. The minimum Gasteiger partial charge on any atom is -0.316 e. The van der Waals surface area contributed by atoms with E-state index < -0.39 is 9.84 Å². The van der Waals surface area contributed by atoms with E-state index in [4.69, 9.17) is 0 Å². The highest BCUT2D eigenvalue weighted by atomic mass is 32.2. The third-order valence-corrected chi connectivity index (χ3v) is 7.64. The lowest BCUT2D eigenvalue weighted by Crippen LogP contribution is -2.37. The molecule has 0 saturated carbocycles. The van der Waals surface area contributed by atoms with Crippen molar-refractivity contribution in [1.82, 2.24) is 0 Å². The average molecular weight is 367 g/mol. The van der Waals surface area contributed by atoms with Gasteiger partial charge in [0, 0.05) is 17.4 Å². The molecule has 0 radical (unpaired) electrons. The van der Waals surface area contributed by atoms with Gasteiger partial charge in [0.1, 0.15) is 0 Å². The molecule has 1 aromatic rings. The lowest BCUT2D eigenvalue weighted by atomic mass is 10.0. The van der Waals surface area contributed by atoms with Gasteiger partial charge in [-0.25, -0.2) is 8.42 Å². The van der Waals surface area contributed by atoms with Gasteiger partial charge < -0.3 is 4.90 Å². The Morgan fingerprint density at radius 3 is 2.54 bits per heavy atom. The summed E-state index contributed by atoms with van der Waals surface area (Å²) in [5, 5.41) is 0.576. The molecule has 5 nitrogen and oxygen atoms in total. The van der Waals surface area contributed by atoms with Crippen LogP contribution in [0.2, 0.25) is 0 Å². The zero-order chi connectivity index (χ0) is 17.5. The van der Waals surface area contributed by atoms with E-state index in [0.29, 0.717) is 17.5 Å². The quantitative estimate of drug-likeness (QED) is 0.823. The Bertz CT molecular complexity index is 770. The second-order valence-electron chi connectivity index (χ2n) is 6.56. The van der Waals surface area contributed by atoms with E-state index in [2.05, 4.69) is 31.0 Å². The minimum atomic E-state index is -3.03. The number of amides is 1. The first-order valence-electron chi connectivity index (χ1n) is 8.18. The number of anilines is 1. The topological polar surface area (TPSA) is 66.8 Å². The van der Waals surface area contributed by atoms with E-state index in [-0.39, 0.29) is 28.7 Å². The SMILES string of the molecule is CCC(=O)N=C1S[C@H]2CS(=O)(=O)C[C@@H]2N1c1ccc(C(C)C)cc1. The van der Waals surface area contributed by atoms with Crippen molar-refractivity contribution in [3.63, 3.8) is 0 Å². The van der Waals surface area contributed by atoms with Gasteiger partial charge in [-0.05, 0) is 23.6 Å². The van der Waals surface area contributed by atoms with Gasteiger partial charge in [0.15, 0.2) is 15.0 Å². The summed E-state index contributed by atoms with van der Waals surface area (Å²) in [6.07, 6.45) is 0.345. The number of amidine groups is 1. The number of hydrogen-bond acceptors (Lipinski definition) is 4. The number of aliphatic imine (C=N–C) groups is 1. The van der Waals surface area contributed by atoms with E-state index >= 15 is 0 Å². The summed E-state index contributed by atoms with van der Waals surface area (Å²) < 4.78 is 24.0. The van der Waals surface area contributed by atoms with Crippen molar-refractivity contribution in [2.45, 2.75) is 44.4 Å². The predicted octanol–water partition coefficient (Wildman–Crippen LogP) is 2.82. The number of carbonyl (C=O) groups is 1. The maximum atomic E-state index is 12.0. The number of thioether (sulfide) groups is 1. The molecule has 0 aromatic heterocycles. The van der Waals surface area contributed by atoms with Crippen molar-refractivity contribution in [3.8, 4) is 0 Å². The molecule has 3 rings (SSSR count). The highest BCUT2D eigenvalue weighted by Gasteiger charge is 2.49. The van der Waals surface area contributed by atoms with Crippen LogP contribution in [-0.4, -0.2) is 42.3 Å². The zero-order valence-corrected chi connectivity index (χ0v) is 15.7. The Kier molecular flexibility index (Phi) is 4.75. The van der Waals surface area contributed by atoms with Crippen LogP contribution in [0.3, 0.4) is 0 Å². The summed E-state index contributed by atoms with van der Waals surface area (Å²) in [4.78, 5) is 17.9. The Hall–Kier alpha value is -1.34. The number of sulfone groups is 1. The molecular weight excluding hydrogens is 344 g/mol. The van der Waals surface area contributed by atoms with Crippen LogP contribution < -0.4 is 4.90 Å². The molecule has 2 heterocycles. The molecule has 2 atom stereocenters. The summed E-state index contributed by atoms with van der Waals surface area (Å²) in [7, 11) is -3.03. The summed E-state index contributed by atoms with van der Waals surface area (Å²) in [5.74, 6) is 0.531. The Morgan fingerprint density at radius 2 is 1.96 bits per heavy atom. The first-order valence-corrected chi connectivity index (χ1v) is 10.9. The number of fused-ring (bicyclic) bond motifs is 1. The number of carbonyl (C=O) groups excluding carboxylic acids is 1. The highest BCUT2D eigenvalue weighted by molar-refractivity contribution is 8.16. The van der Waals surface area contributed by atoms with Crippen molar-refractivity contribution in [2.24, 2.45) is 4.99 Å². The molecule has 7 heteroatoms. The molecule has 130 valence electrons. The van der Waals surface area contributed by atoms with Crippen molar-refractivity contribution >= 4 is 38.4 Å². The van der Waals surface area contributed by atoms with Gasteiger partial charge in [-0.1, -0.05) is 44.7 Å². The first kappa shape index (κ1) is 17.5. The Labute approximate surface area is 147 Å². The zero-order valence-electron chi connectivity index (χ0n) is 14.1. The van der Waals surface area contributed by atoms with Crippen LogP contribution in [0.1, 0.15) is 38.7 Å². The van der Waals surface area contributed by atoms with Crippen LogP contribution in [0, 0.1) is 0 Å². The summed E-state index contributed by atoms with van der Waals surface area (Å²) >= 11 is 1.42. The van der Waals surface area contributed by atoms with E-state index in [1.165, 1.54) is 17.3 Å². The molecule has 0 bridgehead atoms. The minimum absolute atomic E-state index is 0.0526. The molecule has 2 aliphatic rings. The van der Waals surface area contributed by atoms with Crippen LogP contribution in [0.25, 0.3) is 0 Å². The Morgan fingerprint density at radius 1 is 1.29 bits per heavy atom. The molecule has 24 heavy (non-hydrogen) atoms. The van der Waals surface area contributed by atoms with Gasteiger partial charge in [-0.15, -0.1) is 0 Å². The lowest BCUT2D eigenvalue weighted by molar-refractivity contribution is -0.117. The molecule has 1 aromatic carbocycles. The van der Waals surface area contributed by atoms with Gasteiger partial charge in [-0.2, -0.15) is 4.99 Å².